The first-order chi connectivity index (χ1) is 17.8. The normalized spacial score (nSPS) is 14.3. The second kappa shape index (κ2) is 11.5. The highest BCUT2D eigenvalue weighted by molar-refractivity contribution is 5.47. The number of carbonyl (C=O) groups excluding carboxylic acids is 1. The number of nitrogens with zero attached hydrogens (tertiary/aromatic N) is 6. The molecule has 1 fully saturated rings. The molecular formula is C24H23F6N7O. The maximum absolute atomic E-state index is 12.2. The van der Waals surface area contributed by atoms with Gasteiger partial charge in [0.05, 0.1) is 22.7 Å². The van der Waals surface area contributed by atoms with Crippen LogP contribution in [0.1, 0.15) is 53.9 Å². The fourth-order valence-electron chi connectivity index (χ4n) is 3.68. The van der Waals surface area contributed by atoms with E-state index in [-0.39, 0.29) is 17.7 Å². The average molecular weight is 539 g/mol. The maximum Gasteiger partial charge on any atom is 0.416 e. The van der Waals surface area contributed by atoms with Gasteiger partial charge in [0.1, 0.15) is 6.07 Å². The van der Waals surface area contributed by atoms with Crippen LogP contribution in [-0.2, 0) is 17.1 Å². The third-order valence-electron chi connectivity index (χ3n) is 5.54. The number of carbonyl (C=O) groups is 1. The summed E-state index contributed by atoms with van der Waals surface area (Å²) in [5, 5.41) is 16.1. The van der Waals surface area contributed by atoms with Crippen LogP contribution in [0.5, 0.6) is 0 Å². The SMILES string of the molecule is C[C@H](NC=O)c1nc(N2CCCC2)nn1-c1ccc(C#N)cn1.Cc1cc(C(F)(F)F)cc(C(F)(F)F)c1. The van der Waals surface area contributed by atoms with Gasteiger partial charge in [-0.2, -0.15) is 41.3 Å². The predicted molar refractivity (Wildman–Crippen MR) is 124 cm³/mol. The quantitative estimate of drug-likeness (QED) is 0.363. The number of benzene rings is 1. The molecule has 8 nitrogen and oxygen atoms in total. The van der Waals surface area contributed by atoms with Gasteiger partial charge in [0, 0.05) is 19.3 Å². The standard InChI is InChI=1S/C15H17N7O.C9H6F6/c1-11(18-10-23)14-19-15(21-6-2-3-7-21)20-22(14)13-5-4-12(8-16)9-17-13;1-5-2-6(8(10,11)12)4-7(3-5)9(13,14)15/h4-5,9-11H,2-3,6-7H2,1H3,(H,18,23);2-4H,1H3/t11-;/m0./s1. The molecule has 1 N–H and O–H groups in total. The first-order valence-corrected chi connectivity index (χ1v) is 11.4. The van der Waals surface area contributed by atoms with Crippen molar-refractivity contribution >= 4 is 12.4 Å². The number of anilines is 1. The number of nitrogens with one attached hydrogen (secondary N) is 1. The van der Waals surface area contributed by atoms with Crippen LogP contribution in [0.25, 0.3) is 5.82 Å². The zero-order chi connectivity index (χ0) is 28.1. The van der Waals surface area contributed by atoms with Gasteiger partial charge in [-0.05, 0) is 62.6 Å². The minimum absolute atomic E-state index is 0.0721. The highest BCUT2D eigenvalue weighted by Gasteiger charge is 2.36. The predicted octanol–water partition coefficient (Wildman–Crippen LogP) is 4.97. The van der Waals surface area contributed by atoms with Crippen LogP contribution in [0.3, 0.4) is 0 Å². The number of pyridine rings is 1. The molecule has 3 aromatic rings. The fourth-order valence-corrected chi connectivity index (χ4v) is 3.68. The Balaban J connectivity index is 0.000000232. The molecule has 1 aliphatic rings. The van der Waals surface area contributed by atoms with Gasteiger partial charge in [-0.25, -0.2) is 4.98 Å². The topological polar surface area (TPSA) is 99.7 Å². The lowest BCUT2D eigenvalue weighted by Crippen LogP contribution is -2.21. The van der Waals surface area contributed by atoms with E-state index in [9.17, 15) is 31.1 Å². The summed E-state index contributed by atoms with van der Waals surface area (Å²) in [6.07, 6.45) is -5.13. The van der Waals surface area contributed by atoms with Gasteiger partial charge in [0.25, 0.3) is 0 Å². The van der Waals surface area contributed by atoms with E-state index in [2.05, 4.69) is 25.3 Å². The summed E-state index contributed by atoms with van der Waals surface area (Å²) in [6, 6.07) is 6.60. The molecule has 0 saturated carbocycles. The second-order valence-corrected chi connectivity index (χ2v) is 8.48. The molecule has 14 heteroatoms. The Hall–Kier alpha value is -4.15. The molecule has 38 heavy (non-hydrogen) atoms. The Bertz CT molecular complexity index is 1260. The maximum atomic E-state index is 12.2. The fraction of sp³-hybridized carbons (Fsp3) is 0.375. The molecule has 1 aromatic carbocycles. The lowest BCUT2D eigenvalue weighted by Gasteiger charge is -2.12. The summed E-state index contributed by atoms with van der Waals surface area (Å²) < 4.78 is 74.6. The van der Waals surface area contributed by atoms with Crippen LogP contribution in [0, 0.1) is 18.3 Å². The van der Waals surface area contributed by atoms with E-state index in [0.29, 0.717) is 41.7 Å². The zero-order valence-corrected chi connectivity index (χ0v) is 20.3. The van der Waals surface area contributed by atoms with Gasteiger partial charge in [-0.1, -0.05) is 0 Å². The van der Waals surface area contributed by atoms with E-state index in [1.54, 1.807) is 16.8 Å². The van der Waals surface area contributed by atoms with E-state index < -0.39 is 23.5 Å². The number of aryl methyl sites for hydroxylation is 1. The first kappa shape index (κ1) is 28.4. The lowest BCUT2D eigenvalue weighted by atomic mass is 10.1. The largest absolute Gasteiger partial charge is 0.416 e. The van der Waals surface area contributed by atoms with E-state index in [4.69, 9.17) is 5.26 Å². The summed E-state index contributed by atoms with van der Waals surface area (Å²) in [4.78, 5) is 21.7. The molecule has 2 aromatic heterocycles. The van der Waals surface area contributed by atoms with Crippen molar-refractivity contribution in [1.82, 2.24) is 25.1 Å². The van der Waals surface area contributed by atoms with E-state index in [1.807, 2.05) is 13.0 Å². The highest BCUT2D eigenvalue weighted by atomic mass is 19.4. The number of hydrogen-bond donors (Lipinski definition) is 1. The van der Waals surface area contributed by atoms with E-state index in [0.717, 1.165) is 25.9 Å². The van der Waals surface area contributed by atoms with Gasteiger partial charge in [0.2, 0.25) is 12.4 Å². The molecule has 1 amide bonds. The summed E-state index contributed by atoms with van der Waals surface area (Å²) in [6.45, 7) is 4.89. The van der Waals surface area contributed by atoms with Gasteiger partial charge >= 0.3 is 12.4 Å². The third-order valence-corrected chi connectivity index (χ3v) is 5.54. The van der Waals surface area contributed by atoms with Crippen molar-refractivity contribution in [2.45, 2.75) is 45.1 Å². The Morgan fingerprint density at radius 2 is 1.66 bits per heavy atom. The van der Waals surface area contributed by atoms with Gasteiger partial charge in [-0.3, -0.25) is 4.79 Å². The second-order valence-electron chi connectivity index (χ2n) is 8.48. The Labute approximate surface area is 213 Å². The minimum Gasteiger partial charge on any atom is -0.349 e. The number of halogens is 6. The molecule has 0 spiro atoms. The molecule has 0 bridgehead atoms. The number of rotatable bonds is 5. The van der Waals surface area contributed by atoms with Crippen molar-refractivity contribution in [2.75, 3.05) is 18.0 Å². The van der Waals surface area contributed by atoms with Crippen LogP contribution < -0.4 is 10.2 Å². The summed E-state index contributed by atoms with van der Waals surface area (Å²) in [5.74, 6) is 1.82. The molecule has 1 aliphatic heterocycles. The van der Waals surface area contributed by atoms with Gasteiger partial charge < -0.3 is 10.2 Å². The third kappa shape index (κ3) is 6.99. The molecule has 0 aliphatic carbocycles. The Kier molecular flexibility index (Phi) is 8.60. The minimum atomic E-state index is -4.76. The number of nitriles is 1. The van der Waals surface area contributed by atoms with Crippen LogP contribution in [0.2, 0.25) is 0 Å². The number of alkyl halides is 6. The van der Waals surface area contributed by atoms with Gasteiger partial charge in [-0.15, -0.1) is 5.10 Å². The number of aromatic nitrogens is 4. The number of hydrogen-bond acceptors (Lipinski definition) is 6. The molecule has 3 heterocycles. The molecule has 1 atom stereocenters. The van der Waals surface area contributed by atoms with E-state index in [1.165, 1.54) is 13.1 Å². The Morgan fingerprint density at radius 3 is 2.13 bits per heavy atom. The zero-order valence-electron chi connectivity index (χ0n) is 20.3. The van der Waals surface area contributed by atoms with Crippen LogP contribution in [0.4, 0.5) is 32.3 Å². The van der Waals surface area contributed by atoms with Crippen LogP contribution in [-0.4, -0.2) is 39.2 Å². The molecule has 0 radical (unpaired) electrons. The van der Waals surface area contributed by atoms with Crippen molar-refractivity contribution in [3.8, 4) is 11.9 Å². The van der Waals surface area contributed by atoms with Crippen molar-refractivity contribution in [2.24, 2.45) is 0 Å². The van der Waals surface area contributed by atoms with Crippen molar-refractivity contribution in [3.63, 3.8) is 0 Å². The molecule has 0 unspecified atom stereocenters. The first-order valence-electron chi connectivity index (χ1n) is 11.4. The van der Waals surface area contributed by atoms with Crippen molar-refractivity contribution < 1.29 is 31.1 Å². The van der Waals surface area contributed by atoms with Crippen LogP contribution >= 0.6 is 0 Å². The molecule has 1 saturated heterocycles. The smallest absolute Gasteiger partial charge is 0.349 e. The highest BCUT2D eigenvalue weighted by Crippen LogP contribution is 2.36. The lowest BCUT2D eigenvalue weighted by molar-refractivity contribution is -0.143. The average Bonchev–Trinajstić information content (AvgIpc) is 3.54. The van der Waals surface area contributed by atoms with Crippen molar-refractivity contribution in [1.29, 1.82) is 5.26 Å². The van der Waals surface area contributed by atoms with E-state index >= 15 is 0 Å². The molecular weight excluding hydrogens is 516 g/mol. The monoisotopic (exact) mass is 539 g/mol. The van der Waals surface area contributed by atoms with Crippen LogP contribution in [0.15, 0.2) is 36.5 Å². The molecule has 202 valence electrons. The van der Waals surface area contributed by atoms with Gasteiger partial charge in [0.15, 0.2) is 11.6 Å². The summed E-state index contributed by atoms with van der Waals surface area (Å²) >= 11 is 0. The summed E-state index contributed by atoms with van der Waals surface area (Å²) in [7, 11) is 0. The molecule has 4 rings (SSSR count). The Morgan fingerprint density at radius 1 is 1.05 bits per heavy atom. The summed E-state index contributed by atoms with van der Waals surface area (Å²) in [5.41, 5.74) is -2.16. The number of amides is 1. The van der Waals surface area contributed by atoms with Crippen molar-refractivity contribution in [3.05, 3.63) is 64.6 Å².